The zero-order chi connectivity index (χ0) is 12.6. The van der Waals surface area contributed by atoms with E-state index in [0.717, 1.165) is 12.1 Å². The summed E-state index contributed by atoms with van der Waals surface area (Å²) in [5.41, 5.74) is -0.747. The lowest BCUT2D eigenvalue weighted by Gasteiger charge is -1.98. The van der Waals surface area contributed by atoms with Gasteiger partial charge in [-0.2, -0.15) is 5.10 Å². The molecule has 8 nitrogen and oxygen atoms in total. The van der Waals surface area contributed by atoms with Crippen molar-refractivity contribution in [3.8, 4) is 0 Å². The summed E-state index contributed by atoms with van der Waals surface area (Å²) in [5, 5.41) is 25.7. The molecule has 0 unspecified atom stereocenters. The summed E-state index contributed by atoms with van der Waals surface area (Å²) in [6.07, 6.45) is 1.37. The molecule has 0 aliphatic heterocycles. The SMILES string of the molecule is O=[N+]([O-])c1cc2cnn(CCl)c2cc1[N+](=O)[O-]. The molecule has 0 aliphatic rings. The van der Waals surface area contributed by atoms with Crippen molar-refractivity contribution in [2.24, 2.45) is 0 Å². The molecule has 0 amide bonds. The smallest absolute Gasteiger partial charge is 0.258 e. The number of hydrogen-bond donors (Lipinski definition) is 0. The fourth-order valence-electron chi connectivity index (χ4n) is 1.49. The van der Waals surface area contributed by atoms with Crippen LogP contribution < -0.4 is 0 Å². The number of nitro benzene ring substituents is 2. The van der Waals surface area contributed by atoms with Crippen molar-refractivity contribution in [1.82, 2.24) is 9.78 Å². The summed E-state index contributed by atoms with van der Waals surface area (Å²) in [7, 11) is 0. The third-order valence-electron chi connectivity index (χ3n) is 2.24. The maximum absolute atomic E-state index is 10.7. The van der Waals surface area contributed by atoms with E-state index in [1.165, 1.54) is 10.9 Å². The van der Waals surface area contributed by atoms with Crippen LogP contribution in [0.3, 0.4) is 0 Å². The number of fused-ring (bicyclic) bond motifs is 1. The van der Waals surface area contributed by atoms with E-state index < -0.39 is 21.2 Å². The highest BCUT2D eigenvalue weighted by Gasteiger charge is 2.25. The zero-order valence-corrected chi connectivity index (χ0v) is 8.99. The molecule has 0 atom stereocenters. The Hall–Kier alpha value is -2.22. The average molecular weight is 257 g/mol. The summed E-state index contributed by atoms with van der Waals surface area (Å²) < 4.78 is 1.31. The van der Waals surface area contributed by atoms with Gasteiger partial charge in [0.15, 0.2) is 0 Å². The number of hydrogen-bond acceptors (Lipinski definition) is 5. The minimum atomic E-state index is -0.802. The maximum Gasteiger partial charge on any atom is 0.348 e. The molecule has 17 heavy (non-hydrogen) atoms. The number of benzene rings is 1. The lowest BCUT2D eigenvalue weighted by molar-refractivity contribution is -0.422. The lowest BCUT2D eigenvalue weighted by atomic mass is 10.2. The Morgan fingerprint density at radius 2 is 1.82 bits per heavy atom. The molecular formula is C8H5ClN4O4. The quantitative estimate of drug-likeness (QED) is 0.475. The third kappa shape index (κ3) is 1.78. The predicted molar refractivity (Wildman–Crippen MR) is 58.9 cm³/mol. The Kier molecular flexibility index (Phi) is 2.64. The Morgan fingerprint density at radius 1 is 1.24 bits per heavy atom. The van der Waals surface area contributed by atoms with Crippen molar-refractivity contribution >= 4 is 33.9 Å². The van der Waals surface area contributed by atoms with Gasteiger partial charge in [0.2, 0.25) is 0 Å². The third-order valence-corrected chi connectivity index (χ3v) is 2.47. The first-order valence-electron chi connectivity index (χ1n) is 4.39. The van der Waals surface area contributed by atoms with Crippen molar-refractivity contribution in [3.63, 3.8) is 0 Å². The van der Waals surface area contributed by atoms with E-state index in [4.69, 9.17) is 11.6 Å². The van der Waals surface area contributed by atoms with Gasteiger partial charge < -0.3 is 0 Å². The lowest BCUT2D eigenvalue weighted by Crippen LogP contribution is -1.98. The van der Waals surface area contributed by atoms with Crippen LogP contribution in [0.5, 0.6) is 0 Å². The Bertz CT molecular complexity index is 623. The Balaban J connectivity index is 2.79. The van der Waals surface area contributed by atoms with E-state index in [0.29, 0.717) is 10.9 Å². The van der Waals surface area contributed by atoms with Crippen LogP contribution in [0.2, 0.25) is 0 Å². The molecule has 0 saturated carbocycles. The van der Waals surface area contributed by atoms with Gasteiger partial charge in [-0.1, -0.05) is 0 Å². The first-order valence-corrected chi connectivity index (χ1v) is 4.92. The molecule has 0 N–H and O–H groups in total. The van der Waals surface area contributed by atoms with Crippen LogP contribution in [0.15, 0.2) is 18.3 Å². The number of nitrogens with zero attached hydrogens (tertiary/aromatic N) is 4. The average Bonchev–Trinajstić information content (AvgIpc) is 2.68. The number of aromatic nitrogens is 2. The molecule has 0 saturated heterocycles. The van der Waals surface area contributed by atoms with E-state index in [1.807, 2.05) is 0 Å². The monoisotopic (exact) mass is 256 g/mol. The van der Waals surface area contributed by atoms with E-state index >= 15 is 0 Å². The van der Waals surface area contributed by atoms with Gasteiger partial charge in [0.05, 0.1) is 21.6 Å². The van der Waals surface area contributed by atoms with Crippen LogP contribution in [0, 0.1) is 20.2 Å². The number of halogens is 1. The second kappa shape index (κ2) is 3.98. The van der Waals surface area contributed by atoms with Crippen LogP contribution in [-0.2, 0) is 6.00 Å². The number of rotatable bonds is 3. The molecule has 0 fully saturated rings. The Morgan fingerprint density at radius 3 is 2.35 bits per heavy atom. The molecule has 1 aromatic heterocycles. The summed E-state index contributed by atoms with van der Waals surface area (Å²) in [4.78, 5) is 19.8. The summed E-state index contributed by atoms with van der Waals surface area (Å²) >= 11 is 5.58. The highest BCUT2D eigenvalue weighted by Crippen LogP contribution is 2.31. The molecule has 1 aromatic carbocycles. The maximum atomic E-state index is 10.7. The van der Waals surface area contributed by atoms with E-state index in [9.17, 15) is 20.2 Å². The van der Waals surface area contributed by atoms with Gasteiger partial charge >= 0.3 is 11.4 Å². The van der Waals surface area contributed by atoms with Crippen LogP contribution in [0.1, 0.15) is 0 Å². The van der Waals surface area contributed by atoms with Gasteiger partial charge in [-0.3, -0.25) is 20.2 Å². The molecule has 1 heterocycles. The molecule has 2 aromatic rings. The molecular weight excluding hydrogens is 252 g/mol. The minimum absolute atomic E-state index is 0.0124. The largest absolute Gasteiger partial charge is 0.348 e. The van der Waals surface area contributed by atoms with Crippen molar-refractivity contribution in [3.05, 3.63) is 38.6 Å². The normalized spacial score (nSPS) is 10.6. The number of alkyl halides is 1. The van der Waals surface area contributed by atoms with Crippen molar-refractivity contribution in [2.75, 3.05) is 0 Å². The van der Waals surface area contributed by atoms with E-state index in [-0.39, 0.29) is 6.00 Å². The van der Waals surface area contributed by atoms with Crippen LogP contribution in [0.4, 0.5) is 11.4 Å². The first kappa shape index (κ1) is 11.3. The van der Waals surface area contributed by atoms with E-state index in [2.05, 4.69) is 5.10 Å². The standard InChI is InChI=1S/C8H5ClN4O4/c9-4-11-6-2-8(13(16)17)7(12(14)15)1-5(6)3-10-11/h1-3H,4H2. The van der Waals surface area contributed by atoms with Crippen LogP contribution in [-0.4, -0.2) is 19.6 Å². The zero-order valence-electron chi connectivity index (χ0n) is 8.24. The molecule has 9 heteroatoms. The van der Waals surface area contributed by atoms with Crippen molar-refractivity contribution in [2.45, 2.75) is 6.00 Å². The van der Waals surface area contributed by atoms with Gasteiger partial charge in [-0.05, 0) is 0 Å². The van der Waals surface area contributed by atoms with Gasteiger partial charge in [-0.15, -0.1) is 11.6 Å². The predicted octanol–water partition coefficient (Wildman–Crippen LogP) is 2.05. The fourth-order valence-corrected chi connectivity index (χ4v) is 1.68. The summed E-state index contributed by atoms with van der Waals surface area (Å²) in [6.45, 7) is 0. The molecule has 88 valence electrons. The topological polar surface area (TPSA) is 104 Å². The molecule has 0 bridgehead atoms. The van der Waals surface area contributed by atoms with Crippen molar-refractivity contribution in [1.29, 1.82) is 0 Å². The molecule has 0 spiro atoms. The van der Waals surface area contributed by atoms with Gasteiger partial charge in [-0.25, -0.2) is 4.68 Å². The van der Waals surface area contributed by atoms with Crippen LogP contribution >= 0.6 is 11.6 Å². The van der Waals surface area contributed by atoms with Gasteiger partial charge in [0, 0.05) is 17.5 Å². The highest BCUT2D eigenvalue weighted by molar-refractivity contribution is 6.15. The fraction of sp³-hybridized carbons (Fsp3) is 0.125. The van der Waals surface area contributed by atoms with Crippen molar-refractivity contribution < 1.29 is 9.85 Å². The first-order chi connectivity index (χ1) is 8.04. The second-order valence-corrected chi connectivity index (χ2v) is 3.42. The molecule has 2 rings (SSSR count). The van der Waals surface area contributed by atoms with Gasteiger partial charge in [0.25, 0.3) is 0 Å². The van der Waals surface area contributed by atoms with E-state index in [1.54, 1.807) is 0 Å². The molecule has 0 radical (unpaired) electrons. The minimum Gasteiger partial charge on any atom is -0.258 e. The highest BCUT2D eigenvalue weighted by atomic mass is 35.5. The second-order valence-electron chi connectivity index (χ2n) is 3.18. The summed E-state index contributed by atoms with van der Waals surface area (Å²) in [6, 6.07) is 2.23. The molecule has 0 aliphatic carbocycles. The van der Waals surface area contributed by atoms with Gasteiger partial charge in [0.1, 0.15) is 6.00 Å². The Labute approximate surface area is 98.7 Å². The van der Waals surface area contributed by atoms with Crippen LogP contribution in [0.25, 0.3) is 10.9 Å². The summed E-state index contributed by atoms with van der Waals surface area (Å²) in [5.74, 6) is 0. The number of nitro groups is 2.